The van der Waals surface area contributed by atoms with Gasteiger partial charge in [0.25, 0.3) is 0 Å². The highest BCUT2D eigenvalue weighted by atomic mass is 16.5. The molecule has 0 aliphatic heterocycles. The molecule has 2 atom stereocenters. The number of fused-ring (bicyclic) bond motifs is 1. The van der Waals surface area contributed by atoms with Crippen molar-refractivity contribution in [1.29, 1.82) is 0 Å². The first kappa shape index (κ1) is 15.5. The number of rotatable bonds is 5. The first-order valence-corrected chi connectivity index (χ1v) is 7.21. The van der Waals surface area contributed by atoms with Crippen molar-refractivity contribution in [2.75, 3.05) is 7.11 Å². The molecule has 2 rings (SSSR count). The van der Waals surface area contributed by atoms with Crippen LogP contribution in [0.5, 0.6) is 0 Å². The van der Waals surface area contributed by atoms with Crippen LogP contribution in [0.4, 0.5) is 0 Å². The van der Waals surface area contributed by atoms with Gasteiger partial charge in [0, 0.05) is 7.05 Å². The monoisotopic (exact) mass is 289 g/mol. The summed E-state index contributed by atoms with van der Waals surface area (Å²) in [5.74, 6) is 0.816. The van der Waals surface area contributed by atoms with E-state index >= 15 is 0 Å². The summed E-state index contributed by atoms with van der Waals surface area (Å²) >= 11 is 0. The van der Waals surface area contributed by atoms with Crippen LogP contribution in [-0.4, -0.2) is 28.7 Å². The van der Waals surface area contributed by atoms with Gasteiger partial charge in [-0.05, 0) is 25.0 Å². The molecule has 0 aliphatic carbocycles. The lowest BCUT2D eigenvalue weighted by Crippen LogP contribution is -2.43. The molecule has 0 radical (unpaired) electrons. The Labute approximate surface area is 125 Å². The molecule has 0 saturated heterocycles. The minimum Gasteiger partial charge on any atom is -0.468 e. The Kier molecular flexibility index (Phi) is 4.63. The first-order chi connectivity index (χ1) is 9.95. The van der Waals surface area contributed by atoms with Crippen LogP contribution in [0.3, 0.4) is 0 Å². The third-order valence-corrected chi connectivity index (χ3v) is 3.76. The normalized spacial score (nSPS) is 14.4. The van der Waals surface area contributed by atoms with Crippen LogP contribution in [0.25, 0.3) is 11.0 Å². The lowest BCUT2D eigenvalue weighted by atomic mass is 10.0. The van der Waals surface area contributed by atoms with Crippen LogP contribution in [0, 0.1) is 5.92 Å². The molecule has 0 fully saturated rings. The number of methoxy groups -OCH3 is 1. The number of aromatic nitrogens is 2. The average molecular weight is 289 g/mol. The Hall–Kier alpha value is -1.88. The van der Waals surface area contributed by atoms with E-state index in [4.69, 9.17) is 4.74 Å². The zero-order valence-corrected chi connectivity index (χ0v) is 13.3. The molecule has 5 heteroatoms. The molecule has 1 aromatic heterocycles. The van der Waals surface area contributed by atoms with E-state index in [9.17, 15) is 4.79 Å². The van der Waals surface area contributed by atoms with Crippen molar-refractivity contribution in [3.05, 3.63) is 30.1 Å². The van der Waals surface area contributed by atoms with Crippen LogP contribution >= 0.6 is 0 Å². The second kappa shape index (κ2) is 6.26. The summed E-state index contributed by atoms with van der Waals surface area (Å²) in [4.78, 5) is 16.5. The van der Waals surface area contributed by atoms with Gasteiger partial charge in [-0.3, -0.25) is 10.1 Å². The zero-order valence-electron chi connectivity index (χ0n) is 13.3. The lowest BCUT2D eigenvalue weighted by molar-refractivity contribution is -0.144. The molecule has 1 aromatic carbocycles. The smallest absolute Gasteiger partial charge is 0.323 e. The molecule has 1 heterocycles. The van der Waals surface area contributed by atoms with E-state index in [1.165, 1.54) is 7.11 Å². The van der Waals surface area contributed by atoms with E-state index in [0.29, 0.717) is 0 Å². The number of para-hydroxylation sites is 2. The van der Waals surface area contributed by atoms with E-state index in [2.05, 4.69) is 14.9 Å². The van der Waals surface area contributed by atoms with Gasteiger partial charge in [-0.25, -0.2) is 4.98 Å². The number of hydrogen-bond donors (Lipinski definition) is 1. The van der Waals surface area contributed by atoms with E-state index in [1.54, 1.807) is 0 Å². The maximum atomic E-state index is 11.9. The lowest BCUT2D eigenvalue weighted by Gasteiger charge is -2.24. The Bertz CT molecular complexity index is 633. The Morgan fingerprint density at radius 2 is 1.95 bits per heavy atom. The molecule has 2 aromatic rings. The van der Waals surface area contributed by atoms with Gasteiger partial charge < -0.3 is 9.30 Å². The molecular formula is C16H23N3O2. The SMILES string of the molecule is COC(=O)[C@@H](NC(C)c1nc2ccccc2n1C)C(C)C. The van der Waals surface area contributed by atoms with Crippen molar-refractivity contribution in [2.24, 2.45) is 13.0 Å². The standard InChI is InChI=1S/C16H23N3O2/c1-10(2)14(16(20)21-5)17-11(3)15-18-12-8-6-7-9-13(12)19(15)4/h6-11,14,17H,1-5H3/t11?,14-/m0/s1. The average Bonchev–Trinajstić information content (AvgIpc) is 2.81. The topological polar surface area (TPSA) is 56.1 Å². The van der Waals surface area contributed by atoms with Crippen LogP contribution in [0.15, 0.2) is 24.3 Å². The molecule has 5 nitrogen and oxygen atoms in total. The molecule has 0 aliphatic rings. The fourth-order valence-electron chi connectivity index (χ4n) is 2.55. The Balaban J connectivity index is 2.27. The van der Waals surface area contributed by atoms with E-state index in [0.717, 1.165) is 16.9 Å². The van der Waals surface area contributed by atoms with Gasteiger partial charge in [0.15, 0.2) is 0 Å². The molecule has 1 unspecified atom stereocenters. The number of nitrogens with zero attached hydrogens (tertiary/aromatic N) is 2. The summed E-state index contributed by atoms with van der Waals surface area (Å²) in [6, 6.07) is 7.61. The van der Waals surface area contributed by atoms with Gasteiger partial charge in [-0.1, -0.05) is 26.0 Å². The summed E-state index contributed by atoms with van der Waals surface area (Å²) in [5.41, 5.74) is 2.04. The second-order valence-electron chi connectivity index (χ2n) is 5.65. The van der Waals surface area contributed by atoms with Crippen molar-refractivity contribution in [3.8, 4) is 0 Å². The van der Waals surface area contributed by atoms with E-state index in [-0.39, 0.29) is 24.0 Å². The number of carbonyl (C=O) groups is 1. The van der Waals surface area contributed by atoms with Gasteiger partial charge in [0.05, 0.1) is 24.2 Å². The summed E-state index contributed by atoms with van der Waals surface area (Å²) in [6.45, 7) is 6.01. The Morgan fingerprint density at radius 3 is 2.52 bits per heavy atom. The van der Waals surface area contributed by atoms with Gasteiger partial charge in [0.1, 0.15) is 11.9 Å². The van der Waals surface area contributed by atoms with Crippen LogP contribution in [-0.2, 0) is 16.6 Å². The third kappa shape index (κ3) is 3.08. The number of imidazole rings is 1. The summed E-state index contributed by atoms with van der Waals surface area (Å²) in [6.07, 6.45) is 0. The molecule has 1 N–H and O–H groups in total. The number of nitrogens with one attached hydrogen (secondary N) is 1. The predicted molar refractivity (Wildman–Crippen MR) is 82.9 cm³/mol. The number of carbonyl (C=O) groups excluding carboxylic acids is 1. The van der Waals surface area contributed by atoms with Gasteiger partial charge in [-0.2, -0.15) is 0 Å². The number of ether oxygens (including phenoxy) is 1. The third-order valence-electron chi connectivity index (χ3n) is 3.76. The Morgan fingerprint density at radius 1 is 1.29 bits per heavy atom. The molecule has 0 amide bonds. The number of hydrogen-bond acceptors (Lipinski definition) is 4. The maximum Gasteiger partial charge on any atom is 0.323 e. The number of aryl methyl sites for hydroxylation is 1. The molecule has 0 spiro atoms. The van der Waals surface area contributed by atoms with Gasteiger partial charge in [0.2, 0.25) is 0 Å². The van der Waals surface area contributed by atoms with Crippen molar-refractivity contribution in [3.63, 3.8) is 0 Å². The van der Waals surface area contributed by atoms with Crippen molar-refractivity contribution in [2.45, 2.75) is 32.9 Å². The van der Waals surface area contributed by atoms with Crippen LogP contribution < -0.4 is 5.32 Å². The maximum absolute atomic E-state index is 11.9. The quantitative estimate of drug-likeness (QED) is 0.859. The van der Waals surface area contributed by atoms with Gasteiger partial charge in [-0.15, -0.1) is 0 Å². The molecule has 21 heavy (non-hydrogen) atoms. The molecule has 0 bridgehead atoms. The minimum absolute atomic E-state index is 0.0473. The predicted octanol–water partition coefficient (Wildman–Crippen LogP) is 2.42. The van der Waals surface area contributed by atoms with E-state index < -0.39 is 0 Å². The summed E-state index contributed by atoms with van der Waals surface area (Å²) < 4.78 is 6.93. The number of esters is 1. The van der Waals surface area contributed by atoms with Crippen molar-refractivity contribution < 1.29 is 9.53 Å². The molecule has 0 saturated carbocycles. The van der Waals surface area contributed by atoms with E-state index in [1.807, 2.05) is 52.1 Å². The summed E-state index contributed by atoms with van der Waals surface area (Å²) in [5, 5.41) is 3.33. The van der Waals surface area contributed by atoms with Crippen LogP contribution in [0.2, 0.25) is 0 Å². The molecule has 114 valence electrons. The second-order valence-corrected chi connectivity index (χ2v) is 5.65. The highest BCUT2D eigenvalue weighted by Crippen LogP contribution is 2.20. The highest BCUT2D eigenvalue weighted by molar-refractivity contribution is 5.77. The van der Waals surface area contributed by atoms with Crippen LogP contribution in [0.1, 0.15) is 32.6 Å². The van der Waals surface area contributed by atoms with Gasteiger partial charge >= 0.3 is 5.97 Å². The van der Waals surface area contributed by atoms with Crippen molar-refractivity contribution >= 4 is 17.0 Å². The first-order valence-electron chi connectivity index (χ1n) is 7.21. The molecular weight excluding hydrogens is 266 g/mol. The largest absolute Gasteiger partial charge is 0.468 e. The fraction of sp³-hybridized carbons (Fsp3) is 0.500. The summed E-state index contributed by atoms with van der Waals surface area (Å²) in [7, 11) is 3.41. The minimum atomic E-state index is -0.343. The van der Waals surface area contributed by atoms with Crippen molar-refractivity contribution in [1.82, 2.24) is 14.9 Å². The highest BCUT2D eigenvalue weighted by Gasteiger charge is 2.26. The zero-order chi connectivity index (χ0) is 15.6. The number of benzene rings is 1. The fourth-order valence-corrected chi connectivity index (χ4v) is 2.55.